The van der Waals surface area contributed by atoms with Crippen molar-refractivity contribution in [2.24, 2.45) is 0 Å². The molecule has 0 saturated carbocycles. The first kappa shape index (κ1) is 12.3. The van der Waals surface area contributed by atoms with Gasteiger partial charge in [-0.05, 0) is 18.6 Å². The number of nitrogens with zero attached hydrogens (tertiary/aromatic N) is 3. The Bertz CT molecular complexity index is 652. The smallest absolute Gasteiger partial charge is 0.226 e. The average Bonchev–Trinajstić information content (AvgIpc) is 2.42. The van der Waals surface area contributed by atoms with E-state index in [1.54, 1.807) is 16.8 Å². The highest BCUT2D eigenvalue weighted by Crippen LogP contribution is 2.10. The molecule has 0 radical (unpaired) electrons. The van der Waals surface area contributed by atoms with E-state index >= 15 is 0 Å². The Morgan fingerprint density at radius 1 is 1.33 bits per heavy atom. The van der Waals surface area contributed by atoms with Crippen LogP contribution in [0.25, 0.3) is 10.9 Å². The van der Waals surface area contributed by atoms with Gasteiger partial charge < -0.3 is 0 Å². The zero-order valence-electron chi connectivity index (χ0n) is 10.4. The maximum atomic E-state index is 11.9. The highest BCUT2D eigenvalue weighted by molar-refractivity contribution is 5.79. The third-order valence-electron chi connectivity index (χ3n) is 2.94. The number of aromatic nitrogens is 2. The van der Waals surface area contributed by atoms with Gasteiger partial charge in [0, 0.05) is 6.54 Å². The van der Waals surface area contributed by atoms with Crippen LogP contribution < -0.4 is 5.43 Å². The molecule has 2 rings (SSSR count). The highest BCUT2D eigenvalue weighted by Gasteiger charge is 2.09. The van der Waals surface area contributed by atoms with Gasteiger partial charge in [0.05, 0.1) is 10.9 Å². The van der Waals surface area contributed by atoms with Gasteiger partial charge >= 0.3 is 0 Å². The fourth-order valence-electron chi connectivity index (χ4n) is 1.99. The van der Waals surface area contributed by atoms with E-state index in [1.807, 2.05) is 18.2 Å². The first-order valence-electron chi connectivity index (χ1n) is 6.18. The summed E-state index contributed by atoms with van der Waals surface area (Å²) in [6, 6.07) is 9.18. The van der Waals surface area contributed by atoms with Crippen LogP contribution in [0.15, 0.2) is 29.1 Å². The molecule has 92 valence electrons. The van der Waals surface area contributed by atoms with Crippen LogP contribution in [-0.2, 0) is 6.54 Å². The summed E-state index contributed by atoms with van der Waals surface area (Å²) < 4.78 is 1.77. The number of nitriles is 1. The minimum Gasteiger partial charge on any atom is -0.286 e. The fourth-order valence-corrected chi connectivity index (χ4v) is 1.99. The monoisotopic (exact) mass is 241 g/mol. The van der Waals surface area contributed by atoms with Crippen LogP contribution in [0.3, 0.4) is 0 Å². The van der Waals surface area contributed by atoms with Crippen LogP contribution in [0.2, 0.25) is 0 Å². The molecule has 1 aromatic carbocycles. The molecule has 0 spiro atoms. The van der Waals surface area contributed by atoms with Gasteiger partial charge in [0.15, 0.2) is 0 Å². The molecule has 0 aliphatic rings. The van der Waals surface area contributed by atoms with Gasteiger partial charge in [0.25, 0.3) is 0 Å². The van der Waals surface area contributed by atoms with Crippen LogP contribution in [0.5, 0.6) is 0 Å². The number of aryl methyl sites for hydroxylation is 1. The minimum absolute atomic E-state index is 0.0230. The second-order valence-electron chi connectivity index (χ2n) is 4.24. The molecule has 18 heavy (non-hydrogen) atoms. The number of hydrogen-bond donors (Lipinski definition) is 0. The average molecular weight is 241 g/mol. The predicted molar refractivity (Wildman–Crippen MR) is 70.2 cm³/mol. The summed E-state index contributed by atoms with van der Waals surface area (Å²) in [4.78, 5) is 11.9. The summed E-state index contributed by atoms with van der Waals surface area (Å²) in [5.41, 5.74) is 0.502. The first-order valence-corrected chi connectivity index (χ1v) is 6.18. The van der Waals surface area contributed by atoms with Crippen LogP contribution >= 0.6 is 0 Å². The van der Waals surface area contributed by atoms with Crippen LogP contribution in [0.4, 0.5) is 0 Å². The largest absolute Gasteiger partial charge is 0.286 e. The quantitative estimate of drug-likeness (QED) is 0.772. The van der Waals surface area contributed by atoms with Gasteiger partial charge in [-0.1, -0.05) is 31.9 Å². The lowest BCUT2D eigenvalue weighted by Gasteiger charge is -2.09. The Balaban J connectivity index is 2.55. The lowest BCUT2D eigenvalue weighted by molar-refractivity contribution is 0.558. The normalized spacial score (nSPS) is 10.4. The molecule has 1 heterocycles. The van der Waals surface area contributed by atoms with Crippen molar-refractivity contribution in [2.45, 2.75) is 32.7 Å². The highest BCUT2D eigenvalue weighted by atomic mass is 16.1. The van der Waals surface area contributed by atoms with E-state index in [-0.39, 0.29) is 11.1 Å². The third-order valence-corrected chi connectivity index (χ3v) is 2.94. The van der Waals surface area contributed by atoms with Crippen molar-refractivity contribution in [3.63, 3.8) is 0 Å². The molecule has 1 aromatic heterocycles. The number of unbranched alkanes of at least 4 members (excludes halogenated alkanes) is 2. The number of benzene rings is 1. The second kappa shape index (κ2) is 5.46. The summed E-state index contributed by atoms with van der Waals surface area (Å²) in [5, 5.41) is 13.7. The van der Waals surface area contributed by atoms with E-state index in [4.69, 9.17) is 5.26 Å². The Morgan fingerprint density at radius 3 is 2.83 bits per heavy atom. The fraction of sp³-hybridized carbons (Fsp3) is 0.357. The van der Waals surface area contributed by atoms with Gasteiger partial charge in [-0.15, -0.1) is 0 Å². The van der Waals surface area contributed by atoms with E-state index in [2.05, 4.69) is 12.0 Å². The standard InChI is InChI=1S/C14H15N3O/c1-2-3-6-9-17-13-8-5-4-7-11(13)14(18)12(10-15)16-17/h4-5,7-8H,2-3,6,9H2,1H3. The molecule has 0 aliphatic heterocycles. The number of rotatable bonds is 4. The van der Waals surface area contributed by atoms with Crippen LogP contribution in [0.1, 0.15) is 31.9 Å². The van der Waals surface area contributed by atoms with E-state index in [1.165, 1.54) is 0 Å². The van der Waals surface area contributed by atoms with Crippen molar-refractivity contribution in [2.75, 3.05) is 0 Å². The zero-order chi connectivity index (χ0) is 13.0. The Hall–Kier alpha value is -2.15. The van der Waals surface area contributed by atoms with Gasteiger partial charge in [-0.25, -0.2) is 0 Å². The molecule has 0 bridgehead atoms. The SMILES string of the molecule is CCCCCn1nc(C#N)c(=O)c2ccccc21. The molecule has 0 N–H and O–H groups in total. The van der Waals surface area contributed by atoms with Crippen molar-refractivity contribution in [3.05, 3.63) is 40.2 Å². The van der Waals surface area contributed by atoms with E-state index in [0.717, 1.165) is 31.3 Å². The lowest BCUT2D eigenvalue weighted by atomic mass is 10.2. The summed E-state index contributed by atoms with van der Waals surface area (Å²) in [7, 11) is 0. The Labute approximate surface area is 105 Å². The van der Waals surface area contributed by atoms with Crippen molar-refractivity contribution in [1.82, 2.24) is 9.78 Å². The molecule has 4 nitrogen and oxygen atoms in total. The molecule has 0 amide bonds. The minimum atomic E-state index is -0.278. The number of fused-ring (bicyclic) bond motifs is 1. The van der Waals surface area contributed by atoms with E-state index in [9.17, 15) is 4.79 Å². The Kier molecular flexibility index (Phi) is 3.73. The first-order chi connectivity index (χ1) is 8.77. The number of para-hydroxylation sites is 1. The van der Waals surface area contributed by atoms with E-state index < -0.39 is 0 Å². The molecule has 0 unspecified atom stereocenters. The molecule has 0 aliphatic carbocycles. The maximum absolute atomic E-state index is 11.9. The van der Waals surface area contributed by atoms with Crippen LogP contribution in [0, 0.1) is 11.3 Å². The van der Waals surface area contributed by atoms with Gasteiger partial charge in [0.1, 0.15) is 6.07 Å². The van der Waals surface area contributed by atoms with Crippen LogP contribution in [-0.4, -0.2) is 9.78 Å². The summed E-state index contributed by atoms with van der Waals surface area (Å²) in [6.45, 7) is 2.88. The molecule has 2 aromatic rings. The van der Waals surface area contributed by atoms with Crippen molar-refractivity contribution >= 4 is 10.9 Å². The Morgan fingerprint density at radius 2 is 2.11 bits per heavy atom. The van der Waals surface area contributed by atoms with Crippen molar-refractivity contribution in [3.8, 4) is 6.07 Å². The summed E-state index contributed by atoms with van der Waals surface area (Å²) in [5.74, 6) is 0. The second-order valence-corrected chi connectivity index (χ2v) is 4.24. The molecular formula is C14H15N3O. The van der Waals surface area contributed by atoms with Gasteiger partial charge in [-0.3, -0.25) is 9.48 Å². The molecule has 0 fully saturated rings. The predicted octanol–water partition coefficient (Wildman–Crippen LogP) is 2.46. The summed E-state index contributed by atoms with van der Waals surface area (Å²) in [6.07, 6.45) is 3.24. The topological polar surface area (TPSA) is 58.7 Å². The lowest BCUT2D eigenvalue weighted by Crippen LogP contribution is -2.17. The molecule has 0 saturated heterocycles. The van der Waals surface area contributed by atoms with Crippen molar-refractivity contribution in [1.29, 1.82) is 5.26 Å². The van der Waals surface area contributed by atoms with Gasteiger partial charge in [-0.2, -0.15) is 10.4 Å². The molecule has 0 atom stereocenters. The van der Waals surface area contributed by atoms with E-state index in [0.29, 0.717) is 5.39 Å². The maximum Gasteiger partial charge on any atom is 0.226 e. The van der Waals surface area contributed by atoms with Gasteiger partial charge in [0.2, 0.25) is 11.1 Å². The molecular weight excluding hydrogens is 226 g/mol. The van der Waals surface area contributed by atoms with Crippen molar-refractivity contribution < 1.29 is 0 Å². The molecule has 4 heteroatoms. The third kappa shape index (κ3) is 2.25. The summed E-state index contributed by atoms with van der Waals surface area (Å²) >= 11 is 0. The number of hydrogen-bond acceptors (Lipinski definition) is 3. The zero-order valence-corrected chi connectivity index (χ0v) is 10.4.